The van der Waals surface area contributed by atoms with Crippen LogP contribution < -0.4 is 11.2 Å². The van der Waals surface area contributed by atoms with Gasteiger partial charge in [-0.25, -0.2) is 14.2 Å². The summed E-state index contributed by atoms with van der Waals surface area (Å²) >= 11 is 7.50. The summed E-state index contributed by atoms with van der Waals surface area (Å²) in [6.07, 6.45) is 0.765. The van der Waals surface area contributed by atoms with E-state index in [0.717, 1.165) is 21.7 Å². The Morgan fingerprint density at radius 2 is 2.03 bits per heavy atom. The highest BCUT2D eigenvalue weighted by Gasteiger charge is 2.35. The smallest absolute Gasteiger partial charge is 0.331 e. The molecule has 4 heterocycles. The lowest BCUT2D eigenvalue weighted by atomic mass is 10.0. The number of aryl methyl sites for hydroxylation is 1. The molecule has 1 aromatic carbocycles. The Morgan fingerprint density at radius 1 is 1.24 bits per heavy atom. The molecule has 3 aromatic heterocycles. The van der Waals surface area contributed by atoms with E-state index in [4.69, 9.17) is 11.6 Å². The fourth-order valence-electron chi connectivity index (χ4n) is 4.32. The van der Waals surface area contributed by atoms with Crippen LogP contribution in [-0.4, -0.2) is 18.7 Å². The third-order valence-electron chi connectivity index (χ3n) is 5.57. The summed E-state index contributed by atoms with van der Waals surface area (Å²) in [5, 5.41) is 3.46. The van der Waals surface area contributed by atoms with Gasteiger partial charge in [0, 0.05) is 31.6 Å². The van der Waals surface area contributed by atoms with E-state index in [1.807, 2.05) is 4.57 Å². The van der Waals surface area contributed by atoms with Gasteiger partial charge in [-0.2, -0.15) is 0 Å². The van der Waals surface area contributed by atoms with Crippen LogP contribution in [0.25, 0.3) is 22.2 Å². The number of thiazole rings is 1. The molecule has 148 valence electrons. The largest absolute Gasteiger partial charge is 0.341 e. The number of hydrogen-bond donors (Lipinski definition) is 0. The first-order valence-corrected chi connectivity index (χ1v) is 10.3. The molecule has 0 unspecified atom stereocenters. The molecule has 0 saturated heterocycles. The minimum atomic E-state index is -0.399. The third kappa shape index (κ3) is 2.55. The summed E-state index contributed by atoms with van der Waals surface area (Å²) in [6, 6.07) is 6.19. The van der Waals surface area contributed by atoms with Gasteiger partial charge >= 0.3 is 5.69 Å². The fourth-order valence-corrected chi connectivity index (χ4v) is 5.41. The Morgan fingerprint density at radius 3 is 2.72 bits per heavy atom. The maximum Gasteiger partial charge on any atom is 0.331 e. The van der Waals surface area contributed by atoms with E-state index in [2.05, 4.69) is 4.98 Å². The number of halogens is 2. The van der Waals surface area contributed by atoms with Gasteiger partial charge in [0.05, 0.1) is 28.2 Å². The third-order valence-corrected chi connectivity index (χ3v) is 6.85. The van der Waals surface area contributed by atoms with Crippen molar-refractivity contribution in [3.63, 3.8) is 0 Å². The fraction of sp³-hybridized carbons (Fsp3) is 0.250. The van der Waals surface area contributed by atoms with Gasteiger partial charge in [-0.1, -0.05) is 23.7 Å². The molecule has 4 aromatic rings. The normalized spacial score (nSPS) is 15.9. The van der Waals surface area contributed by atoms with E-state index in [9.17, 15) is 14.0 Å². The minimum Gasteiger partial charge on any atom is -0.341 e. The first-order valence-electron chi connectivity index (χ1n) is 9.07. The highest BCUT2D eigenvalue weighted by molar-refractivity contribution is 7.10. The molecule has 1 aliphatic rings. The van der Waals surface area contributed by atoms with Crippen LogP contribution in [0, 0.1) is 5.82 Å². The monoisotopic (exact) mass is 430 g/mol. The van der Waals surface area contributed by atoms with E-state index in [1.165, 1.54) is 35.1 Å². The summed E-state index contributed by atoms with van der Waals surface area (Å²) in [5.74, 6) is -0.468. The van der Waals surface area contributed by atoms with Crippen LogP contribution in [-0.2, 0) is 20.6 Å². The van der Waals surface area contributed by atoms with Crippen LogP contribution in [0.3, 0.4) is 0 Å². The molecule has 1 aliphatic heterocycles. The van der Waals surface area contributed by atoms with Crippen LogP contribution in [0.5, 0.6) is 0 Å². The molecule has 29 heavy (non-hydrogen) atoms. The van der Waals surface area contributed by atoms with E-state index in [1.54, 1.807) is 24.6 Å². The maximum atomic E-state index is 14.0. The van der Waals surface area contributed by atoms with E-state index in [0.29, 0.717) is 33.9 Å². The van der Waals surface area contributed by atoms with Crippen LogP contribution >= 0.6 is 22.9 Å². The summed E-state index contributed by atoms with van der Waals surface area (Å²) in [4.78, 5) is 30.2. The summed E-state index contributed by atoms with van der Waals surface area (Å²) in [6.45, 7) is 0.634. The van der Waals surface area contributed by atoms with Crippen molar-refractivity contribution in [3.05, 3.63) is 72.2 Å². The van der Waals surface area contributed by atoms with Gasteiger partial charge in [0.2, 0.25) is 0 Å². The summed E-state index contributed by atoms with van der Waals surface area (Å²) in [7, 11) is 3.12. The van der Waals surface area contributed by atoms with E-state index >= 15 is 0 Å². The molecule has 9 heteroatoms. The first-order chi connectivity index (χ1) is 13.9. The molecule has 0 fully saturated rings. The van der Waals surface area contributed by atoms with E-state index < -0.39 is 5.69 Å². The van der Waals surface area contributed by atoms with Gasteiger partial charge < -0.3 is 4.57 Å². The predicted octanol–water partition coefficient (Wildman–Crippen LogP) is 3.49. The second-order valence-electron chi connectivity index (χ2n) is 7.17. The lowest BCUT2D eigenvalue weighted by Crippen LogP contribution is -2.37. The van der Waals surface area contributed by atoms with Crippen LogP contribution in [0.2, 0.25) is 5.15 Å². The van der Waals surface area contributed by atoms with Crippen LogP contribution in [0.15, 0.2) is 39.2 Å². The van der Waals surface area contributed by atoms with Gasteiger partial charge in [-0.3, -0.25) is 13.9 Å². The van der Waals surface area contributed by atoms with Gasteiger partial charge in [-0.15, -0.1) is 11.3 Å². The Kier molecular flexibility index (Phi) is 4.04. The molecule has 6 nitrogen and oxygen atoms in total. The van der Waals surface area contributed by atoms with Crippen molar-refractivity contribution in [2.75, 3.05) is 0 Å². The van der Waals surface area contributed by atoms with E-state index in [-0.39, 0.29) is 17.3 Å². The second-order valence-corrected chi connectivity index (χ2v) is 8.45. The molecule has 0 amide bonds. The lowest BCUT2D eigenvalue weighted by Gasteiger charge is -2.10. The molecule has 0 N–H and O–H groups in total. The van der Waals surface area contributed by atoms with Gasteiger partial charge in [-0.05, 0) is 18.6 Å². The molecule has 0 radical (unpaired) electrons. The van der Waals surface area contributed by atoms with Crippen molar-refractivity contribution in [2.45, 2.75) is 18.9 Å². The van der Waals surface area contributed by atoms with Crippen molar-refractivity contribution in [1.82, 2.24) is 18.7 Å². The predicted molar refractivity (Wildman–Crippen MR) is 111 cm³/mol. The molecule has 0 saturated carbocycles. The number of rotatable bonds is 2. The lowest BCUT2D eigenvalue weighted by molar-refractivity contribution is 0.628. The number of aromatic nitrogens is 4. The summed E-state index contributed by atoms with van der Waals surface area (Å²) < 4.78 is 18.6. The zero-order chi connectivity index (χ0) is 20.4. The average Bonchev–Trinajstić information content (AvgIpc) is 3.38. The maximum absolute atomic E-state index is 14.0. The Hall–Kier alpha value is -2.71. The highest BCUT2D eigenvalue weighted by atomic mass is 35.5. The molecular formula is C20H16ClFN4O2S. The zero-order valence-corrected chi connectivity index (χ0v) is 17.2. The Balaban J connectivity index is 1.95. The number of fused-ring (bicyclic) bond motifs is 3. The van der Waals surface area contributed by atoms with Crippen molar-refractivity contribution in [2.24, 2.45) is 14.1 Å². The standard InChI is InChI=1S/C20H16ClFN4O2S/c1-24-17-14(19(27)25(2)20(24)28)15(10-4-3-5-11(22)8-10)26-7-6-12(16(17)26)18-23-13(21)9-29-18/h3-5,8-9,12H,6-7H2,1-2H3/t12-/m0/s1. The molecule has 0 aliphatic carbocycles. The van der Waals surface area contributed by atoms with Crippen LogP contribution in [0.4, 0.5) is 4.39 Å². The van der Waals surface area contributed by atoms with Crippen molar-refractivity contribution >= 4 is 33.8 Å². The first kappa shape index (κ1) is 18.3. The molecular weight excluding hydrogens is 415 g/mol. The van der Waals surface area contributed by atoms with Crippen molar-refractivity contribution < 1.29 is 4.39 Å². The second kappa shape index (κ2) is 6.40. The Bertz CT molecular complexity index is 1410. The number of hydrogen-bond acceptors (Lipinski definition) is 4. The van der Waals surface area contributed by atoms with Crippen molar-refractivity contribution in [1.29, 1.82) is 0 Å². The quantitative estimate of drug-likeness (QED) is 0.489. The van der Waals surface area contributed by atoms with Gasteiger partial charge in [0.15, 0.2) is 0 Å². The number of benzene rings is 1. The summed E-state index contributed by atoms with van der Waals surface area (Å²) in [5.41, 5.74) is 1.88. The van der Waals surface area contributed by atoms with Crippen molar-refractivity contribution in [3.8, 4) is 11.3 Å². The average molecular weight is 431 g/mol. The van der Waals surface area contributed by atoms with Gasteiger partial charge in [0.1, 0.15) is 16.0 Å². The Labute approximate surface area is 173 Å². The zero-order valence-electron chi connectivity index (χ0n) is 15.6. The van der Waals surface area contributed by atoms with Gasteiger partial charge in [0.25, 0.3) is 5.56 Å². The number of nitrogens with zero attached hydrogens (tertiary/aromatic N) is 4. The minimum absolute atomic E-state index is 0.0879. The molecule has 0 bridgehead atoms. The molecule has 5 rings (SSSR count). The topological polar surface area (TPSA) is 61.8 Å². The molecule has 0 spiro atoms. The molecule has 1 atom stereocenters. The van der Waals surface area contributed by atoms with Crippen LogP contribution in [0.1, 0.15) is 23.0 Å². The highest BCUT2D eigenvalue weighted by Crippen LogP contribution is 2.44. The SMILES string of the molecule is Cn1c(=O)c2c(-c3cccc(F)c3)n3c(c2n(C)c1=O)[C@@H](c1nc(Cl)cs1)CC3.